The highest BCUT2D eigenvalue weighted by Crippen LogP contribution is 2.30. The second-order valence-corrected chi connectivity index (χ2v) is 4.71. The Balaban J connectivity index is 1.79. The Hall–Kier alpha value is -0.940. The van der Waals surface area contributed by atoms with Crippen molar-refractivity contribution in [3.8, 4) is 0 Å². The molecule has 0 spiro atoms. The SMILES string of the molecule is O=C1CC(NCC2CCCC2CO)C(=O)N1. The number of carbonyl (C=O) groups excluding carboxylic acids is 2. The van der Waals surface area contributed by atoms with Gasteiger partial charge in [0.25, 0.3) is 0 Å². The van der Waals surface area contributed by atoms with Gasteiger partial charge in [-0.2, -0.15) is 0 Å². The molecule has 0 bridgehead atoms. The maximum absolute atomic E-state index is 11.3. The number of aliphatic hydroxyl groups is 1. The zero-order valence-electron chi connectivity index (χ0n) is 9.24. The first-order valence-electron chi connectivity index (χ1n) is 5.88. The van der Waals surface area contributed by atoms with Gasteiger partial charge in [0, 0.05) is 6.61 Å². The summed E-state index contributed by atoms with van der Waals surface area (Å²) >= 11 is 0. The van der Waals surface area contributed by atoms with Gasteiger partial charge in [-0.1, -0.05) is 6.42 Å². The molecule has 1 aliphatic carbocycles. The van der Waals surface area contributed by atoms with Crippen molar-refractivity contribution in [1.29, 1.82) is 0 Å². The molecule has 5 heteroatoms. The highest BCUT2D eigenvalue weighted by atomic mass is 16.3. The molecule has 2 rings (SSSR count). The van der Waals surface area contributed by atoms with E-state index in [0.717, 1.165) is 25.8 Å². The Morgan fingerprint density at radius 2 is 2.06 bits per heavy atom. The third kappa shape index (κ3) is 2.41. The maximum Gasteiger partial charge on any atom is 0.244 e. The van der Waals surface area contributed by atoms with Gasteiger partial charge in [0.1, 0.15) is 0 Å². The van der Waals surface area contributed by atoms with Crippen LogP contribution in [0.3, 0.4) is 0 Å². The van der Waals surface area contributed by atoms with Gasteiger partial charge in [-0.05, 0) is 31.2 Å². The van der Waals surface area contributed by atoms with Crippen LogP contribution in [0.2, 0.25) is 0 Å². The third-order valence-corrected chi connectivity index (χ3v) is 3.65. The fourth-order valence-corrected chi connectivity index (χ4v) is 2.63. The summed E-state index contributed by atoms with van der Waals surface area (Å²) in [6.07, 6.45) is 3.56. The van der Waals surface area contributed by atoms with E-state index in [1.807, 2.05) is 0 Å². The molecule has 0 aromatic heterocycles. The lowest BCUT2D eigenvalue weighted by Gasteiger charge is -2.19. The summed E-state index contributed by atoms with van der Waals surface area (Å²) in [6, 6.07) is -0.368. The summed E-state index contributed by atoms with van der Waals surface area (Å²) in [4.78, 5) is 22.3. The molecule has 1 saturated heterocycles. The Bertz CT molecular complexity index is 293. The Morgan fingerprint density at radius 1 is 1.31 bits per heavy atom. The third-order valence-electron chi connectivity index (χ3n) is 3.65. The van der Waals surface area contributed by atoms with Crippen LogP contribution in [0.15, 0.2) is 0 Å². The van der Waals surface area contributed by atoms with Gasteiger partial charge in [0.15, 0.2) is 0 Å². The minimum absolute atomic E-state index is 0.201. The van der Waals surface area contributed by atoms with Gasteiger partial charge in [-0.15, -0.1) is 0 Å². The van der Waals surface area contributed by atoms with Crippen molar-refractivity contribution in [3.05, 3.63) is 0 Å². The van der Waals surface area contributed by atoms with Gasteiger partial charge in [0.2, 0.25) is 11.8 Å². The number of aliphatic hydroxyl groups excluding tert-OH is 1. The monoisotopic (exact) mass is 226 g/mol. The zero-order chi connectivity index (χ0) is 11.5. The first-order chi connectivity index (χ1) is 7.70. The number of nitrogens with one attached hydrogen (secondary N) is 2. The number of carbonyl (C=O) groups is 2. The average Bonchev–Trinajstić information content (AvgIpc) is 2.81. The van der Waals surface area contributed by atoms with E-state index in [1.54, 1.807) is 0 Å². The lowest BCUT2D eigenvalue weighted by atomic mass is 9.96. The van der Waals surface area contributed by atoms with E-state index in [4.69, 9.17) is 5.11 Å². The van der Waals surface area contributed by atoms with Crippen molar-refractivity contribution in [2.75, 3.05) is 13.2 Å². The first-order valence-corrected chi connectivity index (χ1v) is 5.88. The lowest BCUT2D eigenvalue weighted by Crippen LogP contribution is -2.39. The molecule has 2 aliphatic rings. The van der Waals surface area contributed by atoms with Crippen LogP contribution in [0, 0.1) is 11.8 Å². The predicted molar refractivity (Wildman–Crippen MR) is 57.5 cm³/mol. The molecular weight excluding hydrogens is 208 g/mol. The number of imide groups is 1. The molecule has 1 aliphatic heterocycles. The minimum Gasteiger partial charge on any atom is -0.396 e. The van der Waals surface area contributed by atoms with Gasteiger partial charge >= 0.3 is 0 Å². The smallest absolute Gasteiger partial charge is 0.244 e. The summed E-state index contributed by atoms with van der Waals surface area (Å²) in [5.74, 6) is 0.373. The second kappa shape index (κ2) is 4.93. The number of hydrogen-bond donors (Lipinski definition) is 3. The fourth-order valence-electron chi connectivity index (χ4n) is 2.63. The highest BCUT2D eigenvalue weighted by Gasteiger charge is 2.32. The topological polar surface area (TPSA) is 78.4 Å². The first kappa shape index (κ1) is 11.5. The molecule has 3 N–H and O–H groups in total. The molecular formula is C11H18N2O3. The quantitative estimate of drug-likeness (QED) is 0.559. The summed E-state index contributed by atoms with van der Waals surface area (Å²) in [7, 11) is 0. The van der Waals surface area contributed by atoms with Gasteiger partial charge in [-0.3, -0.25) is 14.9 Å². The van der Waals surface area contributed by atoms with E-state index >= 15 is 0 Å². The molecule has 3 atom stereocenters. The number of hydrogen-bond acceptors (Lipinski definition) is 4. The molecule has 90 valence electrons. The number of rotatable bonds is 4. The van der Waals surface area contributed by atoms with Crippen molar-refractivity contribution >= 4 is 11.8 Å². The highest BCUT2D eigenvalue weighted by molar-refractivity contribution is 6.05. The molecule has 16 heavy (non-hydrogen) atoms. The largest absolute Gasteiger partial charge is 0.396 e. The number of amides is 2. The summed E-state index contributed by atoms with van der Waals surface area (Å²) in [5, 5.41) is 14.6. The Morgan fingerprint density at radius 3 is 2.69 bits per heavy atom. The Kier molecular flexibility index (Phi) is 3.56. The molecule has 3 unspecified atom stereocenters. The summed E-state index contributed by atoms with van der Waals surface area (Å²) < 4.78 is 0. The molecule has 0 aromatic rings. The van der Waals surface area contributed by atoms with Crippen molar-refractivity contribution in [3.63, 3.8) is 0 Å². The van der Waals surface area contributed by atoms with Crippen LogP contribution in [0.5, 0.6) is 0 Å². The molecule has 2 amide bonds. The normalized spacial score (nSPS) is 34.4. The van der Waals surface area contributed by atoms with Gasteiger partial charge < -0.3 is 10.4 Å². The van der Waals surface area contributed by atoms with Crippen LogP contribution in [0.4, 0.5) is 0 Å². The van der Waals surface area contributed by atoms with Crippen LogP contribution < -0.4 is 10.6 Å². The Labute approximate surface area is 94.6 Å². The van der Waals surface area contributed by atoms with Crippen molar-refractivity contribution in [2.45, 2.75) is 31.7 Å². The zero-order valence-corrected chi connectivity index (χ0v) is 9.24. The molecule has 1 heterocycles. The predicted octanol–water partition coefficient (Wildman–Crippen LogP) is -0.600. The molecule has 5 nitrogen and oxygen atoms in total. The summed E-state index contributed by atoms with van der Waals surface area (Å²) in [6.45, 7) is 0.943. The molecule has 0 aromatic carbocycles. The summed E-state index contributed by atoms with van der Waals surface area (Å²) in [5.41, 5.74) is 0. The average molecular weight is 226 g/mol. The van der Waals surface area contributed by atoms with Gasteiger partial charge in [0.05, 0.1) is 12.5 Å². The van der Waals surface area contributed by atoms with Crippen LogP contribution in [0.1, 0.15) is 25.7 Å². The van der Waals surface area contributed by atoms with E-state index in [2.05, 4.69) is 10.6 Å². The lowest BCUT2D eigenvalue weighted by molar-refractivity contribution is -0.125. The fraction of sp³-hybridized carbons (Fsp3) is 0.818. The van der Waals surface area contributed by atoms with Crippen molar-refractivity contribution in [2.24, 2.45) is 11.8 Å². The van der Waals surface area contributed by atoms with Crippen LogP contribution >= 0.6 is 0 Å². The molecule has 2 fully saturated rings. The van der Waals surface area contributed by atoms with Crippen LogP contribution in [-0.4, -0.2) is 36.1 Å². The van der Waals surface area contributed by atoms with E-state index in [0.29, 0.717) is 11.8 Å². The van der Waals surface area contributed by atoms with Crippen molar-refractivity contribution < 1.29 is 14.7 Å². The van der Waals surface area contributed by atoms with E-state index in [9.17, 15) is 9.59 Å². The minimum atomic E-state index is -0.368. The maximum atomic E-state index is 11.3. The van der Waals surface area contributed by atoms with Crippen molar-refractivity contribution in [1.82, 2.24) is 10.6 Å². The van der Waals surface area contributed by atoms with Crippen LogP contribution in [-0.2, 0) is 9.59 Å². The van der Waals surface area contributed by atoms with Gasteiger partial charge in [-0.25, -0.2) is 0 Å². The second-order valence-electron chi connectivity index (χ2n) is 4.71. The van der Waals surface area contributed by atoms with E-state index in [-0.39, 0.29) is 30.9 Å². The standard InChI is InChI=1S/C11H18N2O3/c14-6-8-3-1-2-7(8)5-12-9-4-10(15)13-11(9)16/h7-9,12,14H,1-6H2,(H,13,15,16). The molecule has 0 radical (unpaired) electrons. The van der Waals surface area contributed by atoms with E-state index < -0.39 is 0 Å². The molecule has 1 saturated carbocycles. The van der Waals surface area contributed by atoms with Crippen LogP contribution in [0.25, 0.3) is 0 Å². The van der Waals surface area contributed by atoms with E-state index in [1.165, 1.54) is 0 Å².